The van der Waals surface area contributed by atoms with Gasteiger partial charge in [-0.05, 0) is 46.5 Å². The molecule has 0 spiro atoms. The van der Waals surface area contributed by atoms with Crippen molar-refractivity contribution in [3.8, 4) is 22.3 Å². The first kappa shape index (κ1) is 23.0. The highest BCUT2D eigenvalue weighted by atomic mass is 35.5. The Bertz CT molecular complexity index is 932. The van der Waals surface area contributed by atoms with E-state index in [0.717, 1.165) is 10.0 Å². The third-order valence-electron chi connectivity index (χ3n) is 3.90. The van der Waals surface area contributed by atoms with Crippen molar-refractivity contribution in [1.82, 2.24) is 0 Å². The fraction of sp³-hybridized carbons (Fsp3) is 0. The van der Waals surface area contributed by atoms with Crippen molar-refractivity contribution >= 4 is 29.4 Å². The Hall–Kier alpha value is -3.27. The van der Waals surface area contributed by atoms with Crippen LogP contribution < -0.4 is 0 Å². The quantitative estimate of drug-likeness (QED) is 0.331. The SMILES string of the molecule is Clc1ccc(-c2ccccc2)cc1.Clc1ccc(-c2ccccc2)cc1.O=C(O)O. The molecule has 0 radical (unpaired) electrons. The van der Waals surface area contributed by atoms with E-state index in [1.54, 1.807) is 0 Å². The molecular formula is C25H20Cl2O3. The van der Waals surface area contributed by atoms with Crippen LogP contribution in [0.4, 0.5) is 4.79 Å². The van der Waals surface area contributed by atoms with Crippen LogP contribution in [0, 0.1) is 0 Å². The number of hydrogen-bond donors (Lipinski definition) is 2. The molecule has 0 saturated carbocycles. The fourth-order valence-electron chi connectivity index (χ4n) is 2.55. The standard InChI is InChI=1S/2C12H9Cl.CH2O3/c2*13-12-8-6-11(7-9-12)10-4-2-1-3-5-10;2-1(3)4/h2*1-9H;(H2,2,3,4). The average molecular weight is 439 g/mol. The third-order valence-corrected chi connectivity index (χ3v) is 4.41. The van der Waals surface area contributed by atoms with Crippen molar-refractivity contribution < 1.29 is 15.0 Å². The average Bonchev–Trinajstić information content (AvgIpc) is 2.76. The van der Waals surface area contributed by atoms with Crippen LogP contribution in [0.2, 0.25) is 10.0 Å². The zero-order valence-electron chi connectivity index (χ0n) is 16.0. The van der Waals surface area contributed by atoms with Gasteiger partial charge >= 0.3 is 6.16 Å². The van der Waals surface area contributed by atoms with Gasteiger partial charge in [-0.3, -0.25) is 0 Å². The zero-order chi connectivity index (χ0) is 21.8. The van der Waals surface area contributed by atoms with Gasteiger partial charge in [-0.15, -0.1) is 0 Å². The van der Waals surface area contributed by atoms with E-state index in [1.165, 1.54) is 22.3 Å². The van der Waals surface area contributed by atoms with Crippen molar-refractivity contribution in [2.24, 2.45) is 0 Å². The van der Waals surface area contributed by atoms with Crippen LogP contribution in [-0.2, 0) is 0 Å². The Balaban J connectivity index is 0.000000182. The monoisotopic (exact) mass is 438 g/mol. The fourth-order valence-corrected chi connectivity index (χ4v) is 2.80. The lowest BCUT2D eigenvalue weighted by atomic mass is 10.1. The largest absolute Gasteiger partial charge is 0.503 e. The molecule has 4 aromatic carbocycles. The summed E-state index contributed by atoms with van der Waals surface area (Å²) in [7, 11) is 0. The van der Waals surface area contributed by atoms with Crippen molar-refractivity contribution in [2.75, 3.05) is 0 Å². The van der Waals surface area contributed by atoms with E-state index in [1.807, 2.05) is 84.9 Å². The third kappa shape index (κ3) is 8.39. The minimum atomic E-state index is -1.83. The second-order valence-electron chi connectivity index (χ2n) is 6.03. The molecule has 5 heteroatoms. The van der Waals surface area contributed by atoms with E-state index < -0.39 is 6.16 Å². The predicted octanol–water partition coefficient (Wildman–Crippen LogP) is 8.24. The van der Waals surface area contributed by atoms with Gasteiger partial charge in [0.05, 0.1) is 0 Å². The van der Waals surface area contributed by atoms with Crippen molar-refractivity contribution in [2.45, 2.75) is 0 Å². The maximum atomic E-state index is 8.56. The lowest BCUT2D eigenvalue weighted by molar-refractivity contribution is 0.137. The van der Waals surface area contributed by atoms with Crippen LogP contribution >= 0.6 is 23.2 Å². The molecule has 0 fully saturated rings. The van der Waals surface area contributed by atoms with E-state index in [0.29, 0.717) is 0 Å². The molecule has 0 aliphatic carbocycles. The lowest BCUT2D eigenvalue weighted by Gasteiger charge is -2.00. The second-order valence-corrected chi connectivity index (χ2v) is 6.90. The molecule has 30 heavy (non-hydrogen) atoms. The topological polar surface area (TPSA) is 57.5 Å². The summed E-state index contributed by atoms with van der Waals surface area (Å²) in [6, 6.07) is 36.2. The number of rotatable bonds is 2. The Morgan fingerprint density at radius 3 is 0.967 bits per heavy atom. The van der Waals surface area contributed by atoms with E-state index >= 15 is 0 Å². The van der Waals surface area contributed by atoms with Crippen molar-refractivity contribution in [1.29, 1.82) is 0 Å². The number of halogens is 2. The number of hydrogen-bond acceptors (Lipinski definition) is 1. The van der Waals surface area contributed by atoms with Gasteiger partial charge in [0, 0.05) is 10.0 Å². The van der Waals surface area contributed by atoms with Crippen molar-refractivity contribution in [3.05, 3.63) is 119 Å². The van der Waals surface area contributed by atoms with Gasteiger partial charge in [-0.25, -0.2) is 4.79 Å². The minimum Gasteiger partial charge on any atom is -0.450 e. The first-order valence-corrected chi connectivity index (χ1v) is 9.75. The molecule has 0 aliphatic heterocycles. The van der Waals surface area contributed by atoms with Gasteiger partial charge in [0.1, 0.15) is 0 Å². The summed E-state index contributed by atoms with van der Waals surface area (Å²) in [6.07, 6.45) is -1.83. The van der Waals surface area contributed by atoms with Crippen LogP contribution in [0.15, 0.2) is 109 Å². The predicted molar refractivity (Wildman–Crippen MR) is 124 cm³/mol. The van der Waals surface area contributed by atoms with Crippen LogP contribution in [-0.4, -0.2) is 16.4 Å². The smallest absolute Gasteiger partial charge is 0.450 e. The molecule has 4 rings (SSSR count). The highest BCUT2D eigenvalue weighted by molar-refractivity contribution is 6.30. The summed E-state index contributed by atoms with van der Waals surface area (Å²) in [4.78, 5) is 8.56. The number of carboxylic acid groups (broad SMARTS) is 2. The first-order valence-electron chi connectivity index (χ1n) is 8.99. The molecule has 0 aliphatic rings. The van der Waals surface area contributed by atoms with Crippen LogP contribution in [0.1, 0.15) is 0 Å². The molecule has 0 bridgehead atoms. The van der Waals surface area contributed by atoms with Gasteiger partial charge in [0.2, 0.25) is 0 Å². The minimum absolute atomic E-state index is 0.777. The molecular weight excluding hydrogens is 419 g/mol. The molecule has 2 N–H and O–H groups in total. The van der Waals surface area contributed by atoms with Gasteiger partial charge in [0.25, 0.3) is 0 Å². The molecule has 0 aromatic heterocycles. The summed E-state index contributed by atoms with van der Waals surface area (Å²) in [5.74, 6) is 0. The molecule has 152 valence electrons. The number of benzene rings is 4. The maximum Gasteiger partial charge on any atom is 0.503 e. The highest BCUT2D eigenvalue weighted by Crippen LogP contribution is 2.21. The summed E-state index contributed by atoms with van der Waals surface area (Å²) in [5, 5.41) is 15.5. The maximum absolute atomic E-state index is 8.56. The molecule has 0 amide bonds. The van der Waals surface area contributed by atoms with E-state index in [9.17, 15) is 0 Å². The van der Waals surface area contributed by atoms with Crippen LogP contribution in [0.3, 0.4) is 0 Å². The van der Waals surface area contributed by atoms with Crippen molar-refractivity contribution in [3.63, 3.8) is 0 Å². The van der Waals surface area contributed by atoms with Gasteiger partial charge in [-0.1, -0.05) is 108 Å². The Morgan fingerprint density at radius 2 is 0.700 bits per heavy atom. The molecule has 0 atom stereocenters. The van der Waals surface area contributed by atoms with E-state index in [4.69, 9.17) is 38.2 Å². The Kier molecular flexibility index (Phi) is 9.46. The summed E-state index contributed by atoms with van der Waals surface area (Å²) in [5.41, 5.74) is 4.84. The van der Waals surface area contributed by atoms with Gasteiger partial charge < -0.3 is 10.2 Å². The van der Waals surface area contributed by atoms with Gasteiger partial charge in [0.15, 0.2) is 0 Å². The molecule has 0 saturated heterocycles. The lowest BCUT2D eigenvalue weighted by Crippen LogP contribution is -1.81. The van der Waals surface area contributed by atoms with E-state index in [-0.39, 0.29) is 0 Å². The summed E-state index contributed by atoms with van der Waals surface area (Å²) >= 11 is 11.6. The second kappa shape index (κ2) is 12.3. The van der Waals surface area contributed by atoms with Crippen LogP contribution in [0.25, 0.3) is 22.3 Å². The van der Waals surface area contributed by atoms with Crippen LogP contribution in [0.5, 0.6) is 0 Å². The first-order chi connectivity index (χ1) is 14.5. The number of carbonyl (C=O) groups is 1. The summed E-state index contributed by atoms with van der Waals surface area (Å²) in [6.45, 7) is 0. The Labute approximate surface area is 185 Å². The molecule has 4 aromatic rings. The molecule has 0 heterocycles. The van der Waals surface area contributed by atoms with Gasteiger partial charge in [-0.2, -0.15) is 0 Å². The molecule has 3 nitrogen and oxygen atoms in total. The highest BCUT2D eigenvalue weighted by Gasteiger charge is 1.95. The van der Waals surface area contributed by atoms with E-state index in [2.05, 4.69) is 24.3 Å². The zero-order valence-corrected chi connectivity index (χ0v) is 17.5. The normalized spacial score (nSPS) is 9.40. The Morgan fingerprint density at radius 1 is 0.467 bits per heavy atom. The summed E-state index contributed by atoms with van der Waals surface area (Å²) < 4.78 is 0. The molecule has 0 unspecified atom stereocenters.